The second kappa shape index (κ2) is 7.89. The van der Waals surface area contributed by atoms with Crippen molar-refractivity contribution in [2.75, 3.05) is 13.7 Å². The molecule has 0 spiro atoms. The number of methoxy groups -OCH3 is 1. The lowest BCUT2D eigenvalue weighted by molar-refractivity contribution is -0.142. The first-order valence-electron chi connectivity index (χ1n) is 6.26. The van der Waals surface area contributed by atoms with Gasteiger partial charge in [0.05, 0.1) is 25.7 Å². The fourth-order valence-electron chi connectivity index (χ4n) is 1.76. The zero-order valence-electron chi connectivity index (χ0n) is 11.2. The van der Waals surface area contributed by atoms with Crippen LogP contribution in [0.3, 0.4) is 0 Å². The minimum Gasteiger partial charge on any atom is -0.469 e. The van der Waals surface area contributed by atoms with Crippen LogP contribution in [-0.4, -0.2) is 42.0 Å². The lowest BCUT2D eigenvalue weighted by atomic mass is 9.99. The number of nitrogens with one attached hydrogen (secondary N) is 1. The Labute approximate surface area is 113 Å². The molecule has 0 aliphatic heterocycles. The molecule has 0 radical (unpaired) electrons. The maximum atomic E-state index is 11.4. The summed E-state index contributed by atoms with van der Waals surface area (Å²) in [4.78, 5) is 11.4. The Kier molecular flexibility index (Phi) is 6.49. The Morgan fingerprint density at radius 2 is 1.95 bits per heavy atom. The monoisotopic (exact) mass is 267 g/mol. The van der Waals surface area contributed by atoms with Crippen molar-refractivity contribution < 1.29 is 19.7 Å². The predicted molar refractivity (Wildman–Crippen MR) is 71.5 cm³/mol. The van der Waals surface area contributed by atoms with E-state index in [2.05, 4.69) is 10.1 Å². The molecule has 0 saturated heterocycles. The molecule has 0 amide bonds. The van der Waals surface area contributed by atoms with Crippen molar-refractivity contribution in [2.24, 2.45) is 0 Å². The van der Waals surface area contributed by atoms with Crippen LogP contribution in [0.5, 0.6) is 0 Å². The smallest absolute Gasteiger partial charge is 0.307 e. The maximum Gasteiger partial charge on any atom is 0.307 e. The Hall–Kier alpha value is -1.43. The van der Waals surface area contributed by atoms with Gasteiger partial charge in [-0.2, -0.15) is 0 Å². The van der Waals surface area contributed by atoms with E-state index in [0.717, 1.165) is 5.56 Å². The van der Waals surface area contributed by atoms with Gasteiger partial charge in [-0.25, -0.2) is 0 Å². The molecule has 0 aliphatic carbocycles. The second-order valence-corrected chi connectivity index (χ2v) is 4.50. The second-order valence-electron chi connectivity index (χ2n) is 4.50. The SMILES string of the molecule is COC(=O)CC(NCC(C)O)C(O)c1ccccc1. The van der Waals surface area contributed by atoms with Gasteiger partial charge in [-0.15, -0.1) is 0 Å². The Bertz CT molecular complexity index is 380. The zero-order valence-corrected chi connectivity index (χ0v) is 11.2. The standard InChI is InChI=1S/C14H21NO4/c1-10(16)9-15-12(8-13(17)19-2)14(18)11-6-4-3-5-7-11/h3-7,10,12,14-16,18H,8-9H2,1-2H3. The van der Waals surface area contributed by atoms with Gasteiger partial charge >= 0.3 is 5.97 Å². The van der Waals surface area contributed by atoms with Crippen LogP contribution in [0.4, 0.5) is 0 Å². The summed E-state index contributed by atoms with van der Waals surface area (Å²) in [6, 6.07) is 8.59. The number of aliphatic hydroxyl groups is 2. The van der Waals surface area contributed by atoms with Crippen LogP contribution in [0.25, 0.3) is 0 Å². The molecule has 0 aliphatic rings. The average Bonchev–Trinajstić information content (AvgIpc) is 2.43. The van der Waals surface area contributed by atoms with Crippen molar-refractivity contribution in [3.05, 3.63) is 35.9 Å². The molecule has 0 heterocycles. The van der Waals surface area contributed by atoms with Crippen molar-refractivity contribution in [1.29, 1.82) is 0 Å². The minimum absolute atomic E-state index is 0.0410. The van der Waals surface area contributed by atoms with E-state index in [-0.39, 0.29) is 6.42 Å². The molecule has 3 atom stereocenters. The van der Waals surface area contributed by atoms with Crippen molar-refractivity contribution in [3.63, 3.8) is 0 Å². The molecule has 1 aromatic rings. The summed E-state index contributed by atoms with van der Waals surface area (Å²) in [6.45, 7) is 1.93. The van der Waals surface area contributed by atoms with E-state index in [0.29, 0.717) is 6.54 Å². The molecule has 1 aromatic carbocycles. The van der Waals surface area contributed by atoms with Crippen LogP contribution in [0.2, 0.25) is 0 Å². The first-order valence-corrected chi connectivity index (χ1v) is 6.26. The average molecular weight is 267 g/mol. The molecule has 0 fully saturated rings. The Morgan fingerprint density at radius 1 is 1.32 bits per heavy atom. The number of hydrogen-bond acceptors (Lipinski definition) is 5. The van der Waals surface area contributed by atoms with E-state index in [1.807, 2.05) is 18.2 Å². The van der Waals surface area contributed by atoms with Gasteiger partial charge in [0.25, 0.3) is 0 Å². The van der Waals surface area contributed by atoms with Gasteiger partial charge in [0.15, 0.2) is 0 Å². The van der Waals surface area contributed by atoms with E-state index in [1.165, 1.54) is 7.11 Å². The van der Waals surface area contributed by atoms with E-state index < -0.39 is 24.2 Å². The molecular weight excluding hydrogens is 246 g/mol. The van der Waals surface area contributed by atoms with Crippen LogP contribution in [0.15, 0.2) is 30.3 Å². The molecular formula is C14H21NO4. The van der Waals surface area contributed by atoms with Crippen molar-refractivity contribution >= 4 is 5.97 Å². The molecule has 3 unspecified atom stereocenters. The molecule has 106 valence electrons. The molecule has 3 N–H and O–H groups in total. The summed E-state index contributed by atoms with van der Waals surface area (Å²) in [5.41, 5.74) is 0.717. The van der Waals surface area contributed by atoms with Crippen molar-refractivity contribution in [3.8, 4) is 0 Å². The van der Waals surface area contributed by atoms with Crippen LogP contribution >= 0.6 is 0 Å². The highest BCUT2D eigenvalue weighted by Gasteiger charge is 2.24. The third-order valence-corrected chi connectivity index (χ3v) is 2.81. The molecule has 5 heteroatoms. The van der Waals surface area contributed by atoms with E-state index in [9.17, 15) is 15.0 Å². The number of rotatable bonds is 7. The van der Waals surface area contributed by atoms with E-state index in [1.54, 1.807) is 19.1 Å². The molecule has 0 bridgehead atoms. The van der Waals surface area contributed by atoms with Crippen molar-refractivity contribution in [2.45, 2.75) is 31.6 Å². The quantitative estimate of drug-likeness (QED) is 0.631. The van der Waals surface area contributed by atoms with E-state index in [4.69, 9.17) is 0 Å². The summed E-state index contributed by atoms with van der Waals surface area (Å²) < 4.78 is 4.62. The third kappa shape index (κ3) is 5.38. The van der Waals surface area contributed by atoms with Crippen molar-refractivity contribution in [1.82, 2.24) is 5.32 Å². The summed E-state index contributed by atoms with van der Waals surface area (Å²) in [5, 5.41) is 22.6. The topological polar surface area (TPSA) is 78.8 Å². The summed E-state index contributed by atoms with van der Waals surface area (Å²) in [7, 11) is 1.31. The summed E-state index contributed by atoms with van der Waals surface area (Å²) in [5.74, 6) is -0.405. The number of carbonyl (C=O) groups excluding carboxylic acids is 1. The van der Waals surface area contributed by atoms with Gasteiger partial charge in [0.1, 0.15) is 0 Å². The molecule has 0 saturated carbocycles. The summed E-state index contributed by atoms with van der Waals surface area (Å²) in [6.07, 6.45) is -1.35. The fourth-order valence-corrected chi connectivity index (χ4v) is 1.76. The van der Waals surface area contributed by atoms with Gasteiger partial charge in [-0.3, -0.25) is 4.79 Å². The number of hydrogen-bond donors (Lipinski definition) is 3. The first-order chi connectivity index (χ1) is 9.04. The van der Waals surface area contributed by atoms with Crippen LogP contribution in [0.1, 0.15) is 25.0 Å². The van der Waals surface area contributed by atoms with Gasteiger partial charge in [0.2, 0.25) is 0 Å². The minimum atomic E-state index is -0.834. The number of ether oxygens (including phenoxy) is 1. The van der Waals surface area contributed by atoms with Crippen LogP contribution in [-0.2, 0) is 9.53 Å². The fraction of sp³-hybridized carbons (Fsp3) is 0.500. The number of carbonyl (C=O) groups is 1. The van der Waals surface area contributed by atoms with Gasteiger partial charge in [-0.05, 0) is 12.5 Å². The van der Waals surface area contributed by atoms with E-state index >= 15 is 0 Å². The lowest BCUT2D eigenvalue weighted by Gasteiger charge is -2.24. The zero-order chi connectivity index (χ0) is 14.3. The highest BCUT2D eigenvalue weighted by atomic mass is 16.5. The number of esters is 1. The Balaban J connectivity index is 2.73. The van der Waals surface area contributed by atoms with Crippen LogP contribution in [0, 0.1) is 0 Å². The lowest BCUT2D eigenvalue weighted by Crippen LogP contribution is -2.40. The molecule has 0 aromatic heterocycles. The van der Waals surface area contributed by atoms with Crippen LogP contribution < -0.4 is 5.32 Å². The highest BCUT2D eigenvalue weighted by Crippen LogP contribution is 2.19. The number of benzene rings is 1. The normalized spacial score (nSPS) is 15.6. The maximum absolute atomic E-state index is 11.4. The van der Waals surface area contributed by atoms with Gasteiger partial charge in [-0.1, -0.05) is 30.3 Å². The number of aliphatic hydroxyl groups excluding tert-OH is 2. The Morgan fingerprint density at radius 3 is 2.47 bits per heavy atom. The molecule has 5 nitrogen and oxygen atoms in total. The highest BCUT2D eigenvalue weighted by molar-refractivity contribution is 5.70. The predicted octanol–water partition coefficient (Wildman–Crippen LogP) is 0.622. The van der Waals surface area contributed by atoms with Gasteiger partial charge < -0.3 is 20.3 Å². The largest absolute Gasteiger partial charge is 0.469 e. The molecule has 1 rings (SSSR count). The summed E-state index contributed by atoms with van der Waals surface area (Å²) >= 11 is 0. The van der Waals surface area contributed by atoms with Gasteiger partial charge in [0, 0.05) is 12.6 Å². The molecule has 19 heavy (non-hydrogen) atoms. The first kappa shape index (κ1) is 15.6. The third-order valence-electron chi connectivity index (χ3n) is 2.81.